The molecule has 2 aromatic rings. The quantitative estimate of drug-likeness (QED) is 0.153. The van der Waals surface area contributed by atoms with Crippen molar-refractivity contribution < 1.29 is 45.7 Å². The number of carbonyl (C=O) groups excluding carboxylic acids is 1. The number of benzene rings is 2. The van der Waals surface area contributed by atoms with Gasteiger partial charge in [-0.1, -0.05) is 37.6 Å². The third-order valence-electron chi connectivity index (χ3n) is 4.32. The lowest BCUT2D eigenvalue weighted by molar-refractivity contribution is -0.408. The van der Waals surface area contributed by atoms with E-state index in [1.54, 1.807) is 12.1 Å². The minimum absolute atomic E-state index is 0.130. The maximum atomic E-state index is 13.9. The molecule has 0 spiro atoms. The summed E-state index contributed by atoms with van der Waals surface area (Å²) in [6.45, 7) is 2.34. The highest BCUT2D eigenvalue weighted by atomic mass is 19.3. The lowest BCUT2D eigenvalue weighted by atomic mass is 10.1. The zero-order chi connectivity index (χ0) is 24.5. The second-order valence-corrected chi connectivity index (χ2v) is 7.04. The van der Waals surface area contributed by atoms with E-state index in [0.29, 0.717) is 17.7 Å². The van der Waals surface area contributed by atoms with Crippen LogP contribution in [-0.4, -0.2) is 44.2 Å². The molecule has 0 heterocycles. The Bertz CT molecular complexity index is 870. The minimum Gasteiger partial charge on any atom is -0.426 e. The maximum absolute atomic E-state index is 13.9. The number of rotatable bonds is 13. The lowest BCUT2D eigenvalue weighted by Gasteiger charge is -2.26. The Morgan fingerprint density at radius 1 is 0.848 bits per heavy atom. The molecule has 0 aliphatic carbocycles. The SMILES string of the molecule is CCCCOCCOC(F)(F)C(F)(F)Oc1ccc(-c2ccc(OC(=O)C(C)F)cc2)cc1. The van der Waals surface area contributed by atoms with Crippen LogP contribution in [0.5, 0.6) is 11.5 Å². The lowest BCUT2D eigenvalue weighted by Crippen LogP contribution is -2.47. The van der Waals surface area contributed by atoms with Gasteiger partial charge in [0.1, 0.15) is 11.5 Å². The molecule has 0 amide bonds. The molecule has 0 bridgehead atoms. The molecule has 0 saturated heterocycles. The number of carbonyl (C=O) groups is 1. The van der Waals surface area contributed by atoms with Crippen molar-refractivity contribution in [2.24, 2.45) is 0 Å². The number of hydrogen-bond acceptors (Lipinski definition) is 5. The molecule has 33 heavy (non-hydrogen) atoms. The summed E-state index contributed by atoms with van der Waals surface area (Å²) >= 11 is 0. The smallest absolute Gasteiger partial charge is 0.426 e. The van der Waals surface area contributed by atoms with Crippen molar-refractivity contribution >= 4 is 5.97 Å². The van der Waals surface area contributed by atoms with Gasteiger partial charge in [0.25, 0.3) is 0 Å². The Kier molecular flexibility index (Phi) is 9.60. The number of alkyl halides is 5. The fourth-order valence-electron chi connectivity index (χ4n) is 2.50. The van der Waals surface area contributed by atoms with Crippen LogP contribution >= 0.6 is 0 Å². The van der Waals surface area contributed by atoms with Gasteiger partial charge < -0.3 is 18.9 Å². The first-order chi connectivity index (χ1) is 15.6. The van der Waals surface area contributed by atoms with Gasteiger partial charge in [-0.15, -0.1) is 0 Å². The van der Waals surface area contributed by atoms with Crippen LogP contribution in [0.25, 0.3) is 11.1 Å². The van der Waals surface area contributed by atoms with Gasteiger partial charge in [0.15, 0.2) is 6.17 Å². The van der Waals surface area contributed by atoms with E-state index in [1.165, 1.54) is 24.3 Å². The molecule has 0 saturated carbocycles. The largest absolute Gasteiger partial charge is 0.494 e. The van der Waals surface area contributed by atoms with E-state index in [0.717, 1.165) is 31.9 Å². The van der Waals surface area contributed by atoms with Gasteiger partial charge in [-0.2, -0.15) is 17.6 Å². The average molecular weight is 476 g/mol. The Morgan fingerprint density at radius 3 is 1.91 bits per heavy atom. The highest BCUT2D eigenvalue weighted by molar-refractivity contribution is 5.77. The molecular weight excluding hydrogens is 451 g/mol. The minimum atomic E-state index is -4.91. The van der Waals surface area contributed by atoms with E-state index in [1.807, 2.05) is 6.92 Å². The number of halogens is 5. The predicted octanol–water partition coefficient (Wildman–Crippen LogP) is 6.01. The van der Waals surface area contributed by atoms with Gasteiger partial charge in [-0.3, -0.25) is 0 Å². The van der Waals surface area contributed by atoms with E-state index < -0.39 is 36.7 Å². The zero-order valence-corrected chi connectivity index (χ0v) is 18.2. The molecule has 0 radical (unpaired) electrons. The molecule has 0 fully saturated rings. The third kappa shape index (κ3) is 7.97. The van der Waals surface area contributed by atoms with E-state index in [4.69, 9.17) is 9.47 Å². The summed E-state index contributed by atoms with van der Waals surface area (Å²) in [6.07, 6.45) is -9.96. The summed E-state index contributed by atoms with van der Waals surface area (Å²) in [7, 11) is 0. The van der Waals surface area contributed by atoms with Crippen molar-refractivity contribution in [1.29, 1.82) is 0 Å². The third-order valence-corrected chi connectivity index (χ3v) is 4.32. The summed E-state index contributed by atoms with van der Waals surface area (Å²) in [5.74, 6) is -1.39. The van der Waals surface area contributed by atoms with Crippen LogP contribution in [-0.2, 0) is 14.3 Å². The maximum Gasteiger partial charge on any atom is 0.494 e. The highest BCUT2D eigenvalue weighted by Crippen LogP contribution is 2.37. The number of unbranched alkanes of at least 4 members (excludes halogenated alkanes) is 1. The van der Waals surface area contributed by atoms with Crippen LogP contribution in [0, 0.1) is 0 Å². The second-order valence-electron chi connectivity index (χ2n) is 7.04. The molecule has 1 unspecified atom stereocenters. The Morgan fingerprint density at radius 2 is 1.39 bits per heavy atom. The van der Waals surface area contributed by atoms with E-state index in [-0.39, 0.29) is 12.4 Å². The second kappa shape index (κ2) is 11.9. The molecular formula is C23H25F5O5. The number of hydrogen-bond donors (Lipinski definition) is 0. The summed E-state index contributed by atoms with van der Waals surface area (Å²) in [5, 5.41) is 0. The molecule has 0 aliphatic heterocycles. The summed E-state index contributed by atoms with van der Waals surface area (Å²) in [5.41, 5.74) is 1.16. The Hall–Kier alpha value is -2.72. The predicted molar refractivity (Wildman–Crippen MR) is 110 cm³/mol. The fourth-order valence-corrected chi connectivity index (χ4v) is 2.50. The summed E-state index contributed by atoms with van der Waals surface area (Å²) in [4.78, 5) is 11.3. The van der Waals surface area contributed by atoms with Crippen LogP contribution in [0.3, 0.4) is 0 Å². The zero-order valence-electron chi connectivity index (χ0n) is 18.2. The molecule has 0 aromatic heterocycles. The van der Waals surface area contributed by atoms with Gasteiger partial charge in [-0.05, 0) is 48.7 Å². The van der Waals surface area contributed by atoms with E-state index in [9.17, 15) is 26.7 Å². The summed E-state index contributed by atoms with van der Waals surface area (Å²) in [6, 6.07) is 10.9. The molecule has 1 atom stereocenters. The van der Waals surface area contributed by atoms with Crippen LogP contribution in [0.15, 0.2) is 48.5 Å². The van der Waals surface area contributed by atoms with Crippen molar-refractivity contribution in [3.05, 3.63) is 48.5 Å². The molecule has 182 valence electrons. The van der Waals surface area contributed by atoms with Crippen LogP contribution in [0.1, 0.15) is 26.7 Å². The van der Waals surface area contributed by atoms with E-state index in [2.05, 4.69) is 9.47 Å². The molecule has 2 rings (SSSR count). The Labute approximate surface area is 188 Å². The van der Waals surface area contributed by atoms with Crippen LogP contribution in [0.4, 0.5) is 22.0 Å². The van der Waals surface area contributed by atoms with Gasteiger partial charge in [0.05, 0.1) is 13.2 Å². The topological polar surface area (TPSA) is 54.0 Å². The number of esters is 1. The van der Waals surface area contributed by atoms with Crippen molar-refractivity contribution in [2.75, 3.05) is 19.8 Å². The first-order valence-corrected chi connectivity index (χ1v) is 10.3. The van der Waals surface area contributed by atoms with Gasteiger partial charge >= 0.3 is 18.2 Å². The van der Waals surface area contributed by atoms with Gasteiger partial charge in [0.2, 0.25) is 0 Å². The normalized spacial score (nSPS) is 12.9. The van der Waals surface area contributed by atoms with Crippen LogP contribution in [0.2, 0.25) is 0 Å². The fraction of sp³-hybridized carbons (Fsp3) is 0.435. The van der Waals surface area contributed by atoms with Crippen molar-refractivity contribution in [3.63, 3.8) is 0 Å². The first-order valence-electron chi connectivity index (χ1n) is 10.3. The van der Waals surface area contributed by atoms with Crippen molar-refractivity contribution in [1.82, 2.24) is 0 Å². The number of ether oxygens (including phenoxy) is 4. The highest BCUT2D eigenvalue weighted by Gasteiger charge is 2.61. The van der Waals surface area contributed by atoms with Gasteiger partial charge in [-0.25, -0.2) is 9.18 Å². The molecule has 0 N–H and O–H groups in total. The average Bonchev–Trinajstić information content (AvgIpc) is 2.77. The van der Waals surface area contributed by atoms with Crippen molar-refractivity contribution in [3.8, 4) is 22.6 Å². The summed E-state index contributed by atoms with van der Waals surface area (Å²) < 4.78 is 86.3. The van der Waals surface area contributed by atoms with Gasteiger partial charge in [0, 0.05) is 6.61 Å². The molecule has 0 aliphatic rings. The molecule has 5 nitrogen and oxygen atoms in total. The van der Waals surface area contributed by atoms with E-state index >= 15 is 0 Å². The first kappa shape index (κ1) is 26.5. The monoisotopic (exact) mass is 476 g/mol. The molecule has 2 aromatic carbocycles. The van der Waals surface area contributed by atoms with Crippen molar-refractivity contribution in [2.45, 2.75) is 45.1 Å². The molecule has 10 heteroatoms. The Balaban J connectivity index is 1.95. The van der Waals surface area contributed by atoms with Crippen LogP contribution < -0.4 is 9.47 Å². The standard InChI is InChI=1S/C23H25F5O5/c1-3-4-13-30-14-15-31-22(25,26)23(27,28)33-20-11-7-18(8-12-20)17-5-9-19(10-6-17)32-21(29)16(2)24/h5-12,16H,3-4,13-15H2,1-2H3.